The van der Waals surface area contributed by atoms with E-state index in [4.69, 9.17) is 14.9 Å². The van der Waals surface area contributed by atoms with Crippen molar-refractivity contribution in [2.24, 2.45) is 5.92 Å². The van der Waals surface area contributed by atoms with E-state index in [1.807, 2.05) is 55.2 Å². The zero-order valence-electron chi connectivity index (χ0n) is 43.6. The summed E-state index contributed by atoms with van der Waals surface area (Å²) in [5, 5.41) is 24.7. The number of likely N-dealkylation sites (tertiary alicyclic amines) is 1. The van der Waals surface area contributed by atoms with Gasteiger partial charge in [0.05, 0.1) is 16.7 Å². The summed E-state index contributed by atoms with van der Waals surface area (Å²) >= 11 is 3.15. The number of rotatable bonds is 16. The second kappa shape index (κ2) is 30.4. The molecule has 0 bridgehead atoms. The minimum absolute atomic E-state index is 0.0618. The summed E-state index contributed by atoms with van der Waals surface area (Å²) in [6, 6.07) is 13.0. The molecule has 1 saturated carbocycles. The lowest BCUT2D eigenvalue weighted by Gasteiger charge is -2.46. The maximum absolute atomic E-state index is 13.5. The molecule has 4 heterocycles. The van der Waals surface area contributed by atoms with E-state index in [0.717, 1.165) is 99.1 Å². The van der Waals surface area contributed by atoms with Crippen LogP contribution in [-0.4, -0.2) is 140 Å². The fourth-order valence-corrected chi connectivity index (χ4v) is 12.2. The lowest BCUT2D eigenvalue weighted by Crippen LogP contribution is -2.53. The Morgan fingerprint density at radius 3 is 2.38 bits per heavy atom. The summed E-state index contributed by atoms with van der Waals surface area (Å²) in [7, 11) is 5.75. The molecule has 3 aromatic rings. The second-order valence-corrected chi connectivity index (χ2v) is 21.4. The Hall–Kier alpha value is -4.82. The van der Waals surface area contributed by atoms with Crippen molar-refractivity contribution in [3.63, 3.8) is 0 Å². The number of aldehydes is 4. The highest BCUT2D eigenvalue weighted by Crippen LogP contribution is 2.47. The Morgan fingerprint density at radius 2 is 1.72 bits per heavy atom. The van der Waals surface area contributed by atoms with Gasteiger partial charge in [0, 0.05) is 80.5 Å². The van der Waals surface area contributed by atoms with E-state index in [0.29, 0.717) is 60.5 Å². The molecule has 3 unspecified atom stereocenters. The number of urea groups is 1. The molecular formula is C54H79N7O9S2. The number of nitrogens with one attached hydrogen (secondary N) is 3. The van der Waals surface area contributed by atoms with Gasteiger partial charge in [-0.1, -0.05) is 56.0 Å². The van der Waals surface area contributed by atoms with Gasteiger partial charge in [-0.3, -0.25) is 19.3 Å². The lowest BCUT2D eigenvalue weighted by molar-refractivity contribution is -0.116. The van der Waals surface area contributed by atoms with Crippen LogP contribution in [0.25, 0.3) is 5.57 Å². The third-order valence-corrected chi connectivity index (χ3v) is 15.9. The minimum Gasteiger partial charge on any atom is -0.469 e. The van der Waals surface area contributed by atoms with E-state index in [1.165, 1.54) is 60.1 Å². The zero-order valence-corrected chi connectivity index (χ0v) is 45.2. The van der Waals surface area contributed by atoms with Gasteiger partial charge in [-0.2, -0.15) is 0 Å². The largest absolute Gasteiger partial charge is 0.469 e. The number of aromatic nitrogens is 1. The van der Waals surface area contributed by atoms with E-state index >= 15 is 0 Å². The number of nitrogens with zero attached hydrogens (tertiary/aromatic N) is 4. The first-order valence-electron chi connectivity index (χ1n) is 25.2. The Labute approximate surface area is 435 Å². The highest BCUT2D eigenvalue weighted by Gasteiger charge is 2.41. The Bertz CT molecular complexity index is 2260. The number of piperidine rings is 2. The topological polar surface area (TPSA) is 211 Å². The molecule has 8 rings (SSSR count). The number of hydrogen-bond donors (Lipinski definition) is 5. The molecule has 3 fully saturated rings. The van der Waals surface area contributed by atoms with Crippen LogP contribution in [0.1, 0.15) is 134 Å². The molecule has 72 heavy (non-hydrogen) atoms. The van der Waals surface area contributed by atoms with E-state index in [1.54, 1.807) is 11.8 Å². The molecular weight excluding hydrogens is 955 g/mol. The number of thiazole rings is 1. The number of aliphatic hydroxyl groups is 2. The quantitative estimate of drug-likeness (QED) is 0.0686. The van der Waals surface area contributed by atoms with E-state index in [-0.39, 0.29) is 36.4 Å². The molecule has 16 nitrogen and oxygen atoms in total. The van der Waals surface area contributed by atoms with Gasteiger partial charge in [-0.15, -0.1) is 11.3 Å². The minimum atomic E-state index is -0.650. The summed E-state index contributed by atoms with van der Waals surface area (Å²) in [6.45, 7) is 11.3. The fourth-order valence-electron chi connectivity index (χ4n) is 10.4. The van der Waals surface area contributed by atoms with Crippen LogP contribution < -0.4 is 25.6 Å². The first-order valence-corrected chi connectivity index (χ1v) is 27.0. The first kappa shape index (κ1) is 59.7. The molecule has 0 radical (unpaired) electrons. The van der Waals surface area contributed by atoms with Crippen LogP contribution in [0.4, 0.5) is 16.2 Å². The highest BCUT2D eigenvalue weighted by atomic mass is 32.2. The molecule has 18 heteroatoms. The summed E-state index contributed by atoms with van der Waals surface area (Å²) in [5.41, 5.74) is 7.04. The van der Waals surface area contributed by atoms with Crippen molar-refractivity contribution >= 4 is 77.3 Å². The number of carbonyl (C=O) groups is 6. The molecule has 3 amide bonds. The van der Waals surface area contributed by atoms with Gasteiger partial charge < -0.3 is 45.4 Å². The van der Waals surface area contributed by atoms with Crippen LogP contribution in [0, 0.1) is 12.8 Å². The average Bonchev–Trinajstić information content (AvgIpc) is 3.90. The molecule has 3 aliphatic heterocycles. The van der Waals surface area contributed by atoms with Gasteiger partial charge in [-0.25, -0.2) is 14.1 Å². The van der Waals surface area contributed by atoms with E-state index in [2.05, 4.69) is 64.2 Å². The lowest BCUT2D eigenvalue weighted by atomic mass is 9.80. The summed E-state index contributed by atoms with van der Waals surface area (Å²) in [4.78, 5) is 78.2. The van der Waals surface area contributed by atoms with Crippen molar-refractivity contribution in [1.29, 1.82) is 0 Å². The maximum Gasteiger partial charge on any atom is 0.321 e. The van der Waals surface area contributed by atoms with Crippen LogP contribution in [0.3, 0.4) is 0 Å². The molecule has 5 aliphatic rings. The third-order valence-electron chi connectivity index (χ3n) is 13.5. The molecule has 2 aliphatic carbocycles. The number of aliphatic hydroxyl groups excluding tert-OH is 2. The molecule has 2 aromatic carbocycles. The predicted octanol–water partition coefficient (Wildman–Crippen LogP) is 7.77. The number of hydrogen-bond acceptors (Lipinski definition) is 15. The molecule has 2 saturated heterocycles. The average molecular weight is 1030 g/mol. The van der Waals surface area contributed by atoms with Crippen molar-refractivity contribution in [2.45, 2.75) is 140 Å². The predicted molar refractivity (Wildman–Crippen MR) is 289 cm³/mol. The smallest absolute Gasteiger partial charge is 0.321 e. The van der Waals surface area contributed by atoms with Gasteiger partial charge in [0.15, 0.2) is 12.6 Å². The Balaban J connectivity index is 0.000000504. The highest BCUT2D eigenvalue weighted by molar-refractivity contribution is 7.96. The number of ether oxygens (including phenoxy) is 1. The maximum atomic E-state index is 13.5. The van der Waals surface area contributed by atoms with E-state index in [9.17, 15) is 28.8 Å². The fraction of sp³-hybridized carbons (Fsp3) is 0.574. The Morgan fingerprint density at radius 1 is 0.986 bits per heavy atom. The molecule has 4 atom stereocenters. The summed E-state index contributed by atoms with van der Waals surface area (Å²) < 4.78 is 7.47. The van der Waals surface area contributed by atoms with Crippen LogP contribution in [0.15, 0.2) is 42.5 Å². The van der Waals surface area contributed by atoms with Crippen LogP contribution in [0.5, 0.6) is 5.88 Å². The van der Waals surface area contributed by atoms with Crippen molar-refractivity contribution < 1.29 is 43.7 Å². The van der Waals surface area contributed by atoms with Crippen molar-refractivity contribution in [3.05, 3.63) is 74.6 Å². The first-order chi connectivity index (χ1) is 34.8. The van der Waals surface area contributed by atoms with Crippen LogP contribution in [-0.2, 0) is 31.4 Å². The number of aryl methyl sites for hydroxylation is 1. The number of benzene rings is 2. The van der Waals surface area contributed by atoms with Gasteiger partial charge in [0.1, 0.15) is 24.1 Å². The number of allylic oxidation sites excluding steroid dienone is 1. The van der Waals surface area contributed by atoms with Gasteiger partial charge >= 0.3 is 6.03 Å². The molecule has 5 N–H and O–H groups in total. The zero-order chi connectivity index (χ0) is 52.8. The van der Waals surface area contributed by atoms with Crippen molar-refractivity contribution in [3.8, 4) is 5.88 Å². The summed E-state index contributed by atoms with van der Waals surface area (Å²) in [6.07, 6.45) is 16.5. The van der Waals surface area contributed by atoms with Gasteiger partial charge in [-0.05, 0) is 139 Å². The van der Waals surface area contributed by atoms with Gasteiger partial charge in [0.25, 0.3) is 5.91 Å². The van der Waals surface area contributed by atoms with Crippen LogP contribution >= 0.6 is 23.3 Å². The molecule has 0 spiro atoms. The van der Waals surface area contributed by atoms with E-state index < -0.39 is 6.04 Å². The Kier molecular flexibility index (Phi) is 25.2. The third kappa shape index (κ3) is 16.1. The number of carbonyl (C=O) groups excluding carboxylic acids is 6. The van der Waals surface area contributed by atoms with Crippen LogP contribution in [0.2, 0.25) is 0 Å². The van der Waals surface area contributed by atoms with Crippen molar-refractivity contribution in [1.82, 2.24) is 24.8 Å². The normalized spacial score (nSPS) is 20.4. The summed E-state index contributed by atoms with van der Waals surface area (Å²) in [5.74, 6) is 2.11. The number of amides is 3. The SMILES string of the molecule is CNC.CO.CO.C[C@H]1CCCC(NC2CCN(SCc3cccc(NC(=O)N4CCC(c5ccc6c7c5CCC=C7C(=O)N6C(C=O)CCC=O)CC4)c3)C(C)(C)C2)C1.Cc1nc(OCC=O)c(C=O)s1. The molecule has 396 valence electrons. The van der Waals surface area contributed by atoms with Gasteiger partial charge in [0.2, 0.25) is 5.88 Å². The second-order valence-electron chi connectivity index (χ2n) is 19.2. The standard InChI is InChI=1S/C43H57N5O4S.C7H7NO3S.C2H7N.2CH4O/c1-29-8-4-10-32(24-29)44-34-19-22-47(43(2,3)26-34)53-28-30-9-5-11-33(25-30)45-42(52)46-20-17-31(18-21-46)36-15-16-39-40-37(36)13-6-14-38(40)41(51)48(39)35(27-50)12-7-23-49;1-5-8-7(11-3-2-9)6(4-10)12-5;1-3-2;2*1-2/h5,9,11,14-16,23,25,27,29,31-32,34-35,44H,4,6-8,10,12-13,17-22,24,26,28H2,1-3H3,(H,45,52);2,4H,3H2,1H3;3H,1-2H3;2*2H,1H3/t29-,32?,34?,35?;;;;/m0..../s1. The molecule has 1 aromatic heterocycles. The number of anilines is 2. The monoisotopic (exact) mass is 1030 g/mol. The van der Waals surface area contributed by atoms with Crippen molar-refractivity contribution in [2.75, 3.05) is 64.8 Å².